The largest absolute Gasteiger partial charge is 0.491 e. The van der Waals surface area contributed by atoms with Gasteiger partial charge in [0.2, 0.25) is 0 Å². The molecule has 1 heterocycles. The number of nitrogens with zero attached hydrogens (tertiary/aromatic N) is 1. The average molecular weight is 386 g/mol. The third kappa shape index (κ3) is 8.00. The lowest BCUT2D eigenvalue weighted by Crippen LogP contribution is -1.99. The third-order valence-corrected chi connectivity index (χ3v) is 5.13. The van der Waals surface area contributed by atoms with Crippen molar-refractivity contribution in [2.75, 3.05) is 6.61 Å². The fraction of sp³-hybridized carbons (Fsp3) is 0.560. The van der Waals surface area contributed by atoms with E-state index in [1.54, 1.807) is 6.07 Å². The molecule has 3 heteroatoms. The highest BCUT2D eigenvalue weighted by atomic mass is 19.1. The van der Waals surface area contributed by atoms with Crippen LogP contribution < -0.4 is 4.74 Å². The minimum atomic E-state index is -0.321. The topological polar surface area (TPSA) is 22.1 Å². The standard InChI is InChI=1S/C25H36FNO/c1-3-5-7-8-9-10-11-12-13-21-14-16-24(27-20-21)22-15-17-25(23(26)19-22)28-18-6-4-2/h14-17,19-20H,3-13,18H2,1-2H3. The number of unbranched alkanes of at least 4 members (excludes halogenated alkanes) is 8. The summed E-state index contributed by atoms with van der Waals surface area (Å²) in [6, 6.07) is 9.21. The molecular formula is C25H36FNO. The molecule has 0 radical (unpaired) electrons. The Kier molecular flexibility index (Phi) is 10.6. The minimum absolute atomic E-state index is 0.321. The first-order valence-electron chi connectivity index (χ1n) is 11.1. The monoisotopic (exact) mass is 385 g/mol. The van der Waals surface area contributed by atoms with Crippen molar-refractivity contribution < 1.29 is 9.13 Å². The van der Waals surface area contributed by atoms with Crippen LogP contribution in [0.15, 0.2) is 36.5 Å². The van der Waals surface area contributed by atoms with E-state index < -0.39 is 0 Å². The summed E-state index contributed by atoms with van der Waals surface area (Å²) in [6.07, 6.45) is 15.6. The van der Waals surface area contributed by atoms with Gasteiger partial charge >= 0.3 is 0 Å². The third-order valence-electron chi connectivity index (χ3n) is 5.13. The Labute approximate surface area is 170 Å². The quantitative estimate of drug-likeness (QED) is 0.310. The van der Waals surface area contributed by atoms with Crippen LogP contribution in [-0.2, 0) is 6.42 Å². The zero-order valence-corrected chi connectivity index (χ0v) is 17.7. The molecule has 1 aromatic heterocycles. The Bertz CT molecular complexity index is 669. The summed E-state index contributed by atoms with van der Waals surface area (Å²) in [6.45, 7) is 4.90. The summed E-state index contributed by atoms with van der Waals surface area (Å²) in [5, 5.41) is 0. The molecule has 2 aromatic rings. The molecule has 0 amide bonds. The SMILES string of the molecule is CCCCCCCCCCc1ccc(-c2ccc(OCCCC)c(F)c2)nc1. The van der Waals surface area contributed by atoms with Crippen molar-refractivity contribution in [3.05, 3.63) is 47.9 Å². The van der Waals surface area contributed by atoms with Crippen molar-refractivity contribution >= 4 is 0 Å². The van der Waals surface area contributed by atoms with Crippen LogP contribution in [0, 0.1) is 5.82 Å². The van der Waals surface area contributed by atoms with Crippen molar-refractivity contribution in [3.8, 4) is 17.0 Å². The number of aromatic nitrogens is 1. The Hall–Kier alpha value is -1.90. The van der Waals surface area contributed by atoms with Crippen molar-refractivity contribution in [1.82, 2.24) is 4.98 Å². The predicted molar refractivity (Wildman–Crippen MR) is 116 cm³/mol. The van der Waals surface area contributed by atoms with E-state index in [9.17, 15) is 4.39 Å². The van der Waals surface area contributed by atoms with Gasteiger partial charge in [-0.3, -0.25) is 4.98 Å². The highest BCUT2D eigenvalue weighted by molar-refractivity contribution is 5.60. The van der Waals surface area contributed by atoms with E-state index in [0.717, 1.165) is 30.5 Å². The normalized spacial score (nSPS) is 11.0. The molecule has 0 unspecified atom stereocenters. The molecule has 0 aliphatic rings. The predicted octanol–water partition coefficient (Wildman–Crippen LogP) is 7.75. The lowest BCUT2D eigenvalue weighted by Gasteiger charge is -2.08. The molecule has 0 N–H and O–H groups in total. The molecule has 28 heavy (non-hydrogen) atoms. The summed E-state index contributed by atoms with van der Waals surface area (Å²) in [5.41, 5.74) is 2.85. The first kappa shape index (κ1) is 22.4. The Balaban J connectivity index is 1.76. The Morgan fingerprint density at radius 2 is 1.54 bits per heavy atom. The molecule has 0 saturated heterocycles. The second-order valence-corrected chi connectivity index (χ2v) is 7.62. The maximum Gasteiger partial charge on any atom is 0.165 e. The summed E-state index contributed by atoms with van der Waals surface area (Å²) in [4.78, 5) is 4.54. The second-order valence-electron chi connectivity index (χ2n) is 7.62. The molecule has 154 valence electrons. The van der Waals surface area contributed by atoms with Crippen LogP contribution in [0.2, 0.25) is 0 Å². The van der Waals surface area contributed by atoms with Crippen molar-refractivity contribution in [2.24, 2.45) is 0 Å². The van der Waals surface area contributed by atoms with Crippen LogP contribution in [0.3, 0.4) is 0 Å². The first-order chi connectivity index (χ1) is 13.7. The van der Waals surface area contributed by atoms with Gasteiger partial charge in [-0.1, -0.05) is 71.3 Å². The maximum absolute atomic E-state index is 14.2. The number of pyridine rings is 1. The van der Waals surface area contributed by atoms with Gasteiger partial charge in [-0.25, -0.2) is 4.39 Å². The summed E-state index contributed by atoms with van der Waals surface area (Å²) in [5.74, 6) is 0.00179. The van der Waals surface area contributed by atoms with E-state index in [1.165, 1.54) is 63.0 Å². The number of benzene rings is 1. The number of ether oxygens (including phenoxy) is 1. The molecule has 0 aliphatic carbocycles. The van der Waals surface area contributed by atoms with Gasteiger partial charge in [0.15, 0.2) is 11.6 Å². The van der Waals surface area contributed by atoms with E-state index in [0.29, 0.717) is 12.4 Å². The van der Waals surface area contributed by atoms with Gasteiger partial charge in [-0.15, -0.1) is 0 Å². The minimum Gasteiger partial charge on any atom is -0.491 e. The van der Waals surface area contributed by atoms with Crippen molar-refractivity contribution in [1.29, 1.82) is 0 Å². The molecule has 0 aliphatic heterocycles. The van der Waals surface area contributed by atoms with Gasteiger partial charge in [0, 0.05) is 11.8 Å². The molecule has 1 aromatic carbocycles. The zero-order valence-electron chi connectivity index (χ0n) is 17.7. The van der Waals surface area contributed by atoms with Crippen molar-refractivity contribution in [3.63, 3.8) is 0 Å². The zero-order chi connectivity index (χ0) is 20.0. The molecule has 0 saturated carbocycles. The lowest BCUT2D eigenvalue weighted by molar-refractivity contribution is 0.294. The van der Waals surface area contributed by atoms with E-state index in [2.05, 4.69) is 24.9 Å². The van der Waals surface area contributed by atoms with Gasteiger partial charge in [0.1, 0.15) is 0 Å². The number of rotatable bonds is 14. The number of hydrogen-bond donors (Lipinski definition) is 0. The van der Waals surface area contributed by atoms with Crippen LogP contribution in [0.1, 0.15) is 83.6 Å². The first-order valence-corrected chi connectivity index (χ1v) is 11.1. The fourth-order valence-electron chi connectivity index (χ4n) is 3.31. The number of aryl methyl sites for hydroxylation is 1. The molecule has 0 atom stereocenters. The van der Waals surface area contributed by atoms with Crippen LogP contribution in [-0.4, -0.2) is 11.6 Å². The maximum atomic E-state index is 14.2. The Morgan fingerprint density at radius 3 is 2.18 bits per heavy atom. The lowest BCUT2D eigenvalue weighted by atomic mass is 10.0. The fourth-order valence-corrected chi connectivity index (χ4v) is 3.31. The summed E-state index contributed by atoms with van der Waals surface area (Å²) >= 11 is 0. The summed E-state index contributed by atoms with van der Waals surface area (Å²) in [7, 11) is 0. The van der Waals surface area contributed by atoms with Crippen LogP contribution >= 0.6 is 0 Å². The molecule has 0 bridgehead atoms. The number of halogens is 1. The second kappa shape index (κ2) is 13.3. The van der Waals surface area contributed by atoms with E-state index in [-0.39, 0.29) is 5.82 Å². The smallest absolute Gasteiger partial charge is 0.165 e. The van der Waals surface area contributed by atoms with Gasteiger partial charge < -0.3 is 4.74 Å². The molecule has 0 spiro atoms. The van der Waals surface area contributed by atoms with Crippen LogP contribution in [0.5, 0.6) is 5.75 Å². The van der Waals surface area contributed by atoms with Gasteiger partial charge in [0.05, 0.1) is 12.3 Å². The highest BCUT2D eigenvalue weighted by Gasteiger charge is 2.07. The van der Waals surface area contributed by atoms with Gasteiger partial charge in [0.25, 0.3) is 0 Å². The highest BCUT2D eigenvalue weighted by Crippen LogP contribution is 2.25. The molecular weight excluding hydrogens is 349 g/mol. The Morgan fingerprint density at radius 1 is 0.821 bits per heavy atom. The van der Waals surface area contributed by atoms with Gasteiger partial charge in [-0.2, -0.15) is 0 Å². The average Bonchev–Trinajstić information content (AvgIpc) is 2.72. The van der Waals surface area contributed by atoms with Crippen molar-refractivity contribution in [2.45, 2.75) is 84.5 Å². The van der Waals surface area contributed by atoms with Crippen LogP contribution in [0.4, 0.5) is 4.39 Å². The molecule has 0 fully saturated rings. The molecule has 2 rings (SSSR count). The van der Waals surface area contributed by atoms with E-state index in [1.807, 2.05) is 18.3 Å². The summed E-state index contributed by atoms with van der Waals surface area (Å²) < 4.78 is 19.7. The van der Waals surface area contributed by atoms with E-state index in [4.69, 9.17) is 4.74 Å². The van der Waals surface area contributed by atoms with Gasteiger partial charge in [-0.05, 0) is 49.1 Å². The number of hydrogen-bond acceptors (Lipinski definition) is 2. The van der Waals surface area contributed by atoms with Crippen LogP contribution in [0.25, 0.3) is 11.3 Å². The molecule has 2 nitrogen and oxygen atoms in total. The van der Waals surface area contributed by atoms with E-state index >= 15 is 0 Å².